The van der Waals surface area contributed by atoms with Crippen LogP contribution in [0.25, 0.3) is 0 Å². The maximum absolute atomic E-state index is 11.9. The Kier molecular flexibility index (Phi) is 5.98. The first-order valence-electron chi connectivity index (χ1n) is 7.76. The number of carbonyl (C=O) groups is 2. The highest BCUT2D eigenvalue weighted by Crippen LogP contribution is 2.30. The second-order valence-electron chi connectivity index (χ2n) is 5.75. The molecule has 126 valence electrons. The molecule has 23 heavy (non-hydrogen) atoms. The highest BCUT2D eigenvalue weighted by atomic mass is 16.5. The summed E-state index contributed by atoms with van der Waals surface area (Å²) in [4.78, 5) is 24.9. The first-order valence-corrected chi connectivity index (χ1v) is 7.76. The van der Waals surface area contributed by atoms with Crippen LogP contribution in [0.4, 0.5) is 4.79 Å². The standard InChI is InChI=1S/C17H23NO5/c1-12(19)23-16(13-6-4-3-5-7-13)10-14-8-9-15(20)11-18(14)17(21)22-2/h3-7,14-16,20H,8-11H2,1-2H3/t14-,15+,16-/m0/s1. The van der Waals surface area contributed by atoms with E-state index in [1.54, 1.807) is 0 Å². The normalized spacial score (nSPS) is 22.3. The molecular formula is C17H23NO5. The molecule has 1 amide bonds. The van der Waals surface area contributed by atoms with Crippen molar-refractivity contribution in [2.45, 2.75) is 44.4 Å². The number of benzene rings is 1. The van der Waals surface area contributed by atoms with Gasteiger partial charge in [0.25, 0.3) is 0 Å². The van der Waals surface area contributed by atoms with E-state index in [4.69, 9.17) is 9.47 Å². The zero-order chi connectivity index (χ0) is 16.8. The van der Waals surface area contributed by atoms with Crippen LogP contribution in [0.1, 0.15) is 37.9 Å². The molecule has 1 saturated heterocycles. The number of hydrogen-bond donors (Lipinski definition) is 1. The van der Waals surface area contributed by atoms with Crippen molar-refractivity contribution in [2.75, 3.05) is 13.7 Å². The van der Waals surface area contributed by atoms with E-state index < -0.39 is 18.3 Å². The van der Waals surface area contributed by atoms with Crippen LogP contribution in [0, 0.1) is 0 Å². The van der Waals surface area contributed by atoms with Gasteiger partial charge in [-0.05, 0) is 18.4 Å². The average molecular weight is 321 g/mol. The molecule has 6 nitrogen and oxygen atoms in total. The topological polar surface area (TPSA) is 76.1 Å². The predicted octanol–water partition coefficient (Wildman–Crippen LogP) is 2.27. The molecule has 0 spiro atoms. The second-order valence-corrected chi connectivity index (χ2v) is 5.75. The summed E-state index contributed by atoms with van der Waals surface area (Å²) in [5.41, 5.74) is 0.888. The molecule has 0 unspecified atom stereocenters. The lowest BCUT2D eigenvalue weighted by Gasteiger charge is -2.38. The summed E-state index contributed by atoms with van der Waals surface area (Å²) in [5.74, 6) is -0.362. The third-order valence-corrected chi connectivity index (χ3v) is 4.06. The molecule has 0 bridgehead atoms. The Morgan fingerprint density at radius 1 is 1.30 bits per heavy atom. The smallest absolute Gasteiger partial charge is 0.409 e. The maximum Gasteiger partial charge on any atom is 0.409 e. The van der Waals surface area contributed by atoms with Gasteiger partial charge in [-0.1, -0.05) is 30.3 Å². The van der Waals surface area contributed by atoms with E-state index in [1.165, 1.54) is 18.9 Å². The van der Waals surface area contributed by atoms with E-state index in [9.17, 15) is 14.7 Å². The number of methoxy groups -OCH3 is 1. The van der Waals surface area contributed by atoms with Gasteiger partial charge in [0, 0.05) is 19.4 Å². The number of aliphatic hydroxyl groups excluding tert-OH is 1. The number of nitrogens with zero attached hydrogens (tertiary/aromatic N) is 1. The number of esters is 1. The zero-order valence-corrected chi connectivity index (χ0v) is 13.5. The molecule has 1 aliphatic rings. The Bertz CT molecular complexity index is 533. The molecule has 0 saturated carbocycles. The van der Waals surface area contributed by atoms with Crippen molar-refractivity contribution in [3.63, 3.8) is 0 Å². The van der Waals surface area contributed by atoms with Gasteiger partial charge in [-0.3, -0.25) is 4.79 Å². The van der Waals surface area contributed by atoms with Crippen LogP contribution in [-0.2, 0) is 14.3 Å². The second kappa shape index (κ2) is 7.97. The summed E-state index contributed by atoms with van der Waals surface area (Å²) in [5, 5.41) is 9.80. The molecule has 1 aromatic carbocycles. The first-order chi connectivity index (χ1) is 11.0. The van der Waals surface area contributed by atoms with E-state index in [1.807, 2.05) is 30.3 Å². The lowest BCUT2D eigenvalue weighted by molar-refractivity contribution is -0.148. The van der Waals surface area contributed by atoms with E-state index >= 15 is 0 Å². The molecule has 1 heterocycles. The molecule has 0 radical (unpaired) electrons. The number of likely N-dealkylation sites (tertiary alicyclic amines) is 1. The van der Waals surface area contributed by atoms with Crippen LogP contribution in [0.15, 0.2) is 30.3 Å². The summed E-state index contributed by atoms with van der Waals surface area (Å²) in [6.45, 7) is 1.61. The number of ether oxygens (including phenoxy) is 2. The van der Waals surface area contributed by atoms with Crippen molar-refractivity contribution in [1.29, 1.82) is 0 Å². The van der Waals surface area contributed by atoms with Crippen molar-refractivity contribution in [3.05, 3.63) is 35.9 Å². The predicted molar refractivity (Wildman–Crippen MR) is 83.7 cm³/mol. The summed E-state index contributed by atoms with van der Waals surface area (Å²) >= 11 is 0. The first kappa shape index (κ1) is 17.3. The van der Waals surface area contributed by atoms with Crippen LogP contribution in [0.5, 0.6) is 0 Å². The number of β-amino-alcohol motifs (C(OH)–C–C–N with tert-alkyl or cyclic N) is 1. The molecule has 3 atom stereocenters. The lowest BCUT2D eigenvalue weighted by atomic mass is 9.93. The van der Waals surface area contributed by atoms with Crippen LogP contribution in [-0.4, -0.2) is 47.9 Å². The number of rotatable bonds is 4. The number of carbonyl (C=O) groups excluding carboxylic acids is 2. The van der Waals surface area contributed by atoms with Crippen molar-refractivity contribution in [2.24, 2.45) is 0 Å². The zero-order valence-electron chi connectivity index (χ0n) is 13.5. The molecule has 0 aliphatic carbocycles. The monoisotopic (exact) mass is 321 g/mol. The van der Waals surface area contributed by atoms with Gasteiger partial charge < -0.3 is 19.5 Å². The molecule has 1 aliphatic heterocycles. The van der Waals surface area contributed by atoms with Gasteiger partial charge >= 0.3 is 12.1 Å². The summed E-state index contributed by atoms with van der Waals surface area (Å²) in [7, 11) is 1.32. The van der Waals surface area contributed by atoms with Crippen LogP contribution in [0.2, 0.25) is 0 Å². The van der Waals surface area contributed by atoms with E-state index in [0.717, 1.165) is 5.56 Å². The molecule has 1 N–H and O–H groups in total. The Hall–Kier alpha value is -2.08. The number of aliphatic hydroxyl groups is 1. The lowest BCUT2D eigenvalue weighted by Crippen LogP contribution is -2.49. The third kappa shape index (κ3) is 4.69. The quantitative estimate of drug-likeness (QED) is 0.861. The molecule has 1 aromatic rings. The maximum atomic E-state index is 11.9. The minimum atomic E-state index is -0.547. The van der Waals surface area contributed by atoms with Crippen molar-refractivity contribution in [3.8, 4) is 0 Å². The molecule has 0 aromatic heterocycles. The number of hydrogen-bond acceptors (Lipinski definition) is 5. The van der Waals surface area contributed by atoms with Crippen molar-refractivity contribution < 1.29 is 24.2 Å². The van der Waals surface area contributed by atoms with Gasteiger partial charge in [0.2, 0.25) is 0 Å². The Morgan fingerprint density at radius 3 is 2.61 bits per heavy atom. The van der Waals surface area contributed by atoms with Crippen LogP contribution in [0.3, 0.4) is 0 Å². The summed E-state index contributed by atoms with van der Waals surface area (Å²) in [6.07, 6.45) is 0.283. The van der Waals surface area contributed by atoms with Crippen LogP contribution < -0.4 is 0 Å². The number of piperidine rings is 1. The molecule has 1 fully saturated rings. The molecule has 2 rings (SSSR count). The summed E-state index contributed by atoms with van der Waals surface area (Å²) < 4.78 is 10.3. The Morgan fingerprint density at radius 2 is 2.00 bits per heavy atom. The summed E-state index contributed by atoms with van der Waals surface area (Å²) in [6, 6.07) is 9.31. The fraction of sp³-hybridized carbons (Fsp3) is 0.529. The highest BCUT2D eigenvalue weighted by molar-refractivity contribution is 5.68. The van der Waals surface area contributed by atoms with Gasteiger partial charge in [-0.25, -0.2) is 4.79 Å². The Balaban J connectivity index is 2.16. The minimum Gasteiger partial charge on any atom is -0.458 e. The fourth-order valence-electron chi connectivity index (χ4n) is 2.96. The van der Waals surface area contributed by atoms with Gasteiger partial charge in [0.05, 0.1) is 19.8 Å². The third-order valence-electron chi connectivity index (χ3n) is 4.06. The highest BCUT2D eigenvalue weighted by Gasteiger charge is 2.34. The van der Waals surface area contributed by atoms with E-state index in [2.05, 4.69) is 0 Å². The Labute approximate surface area is 136 Å². The van der Waals surface area contributed by atoms with Crippen molar-refractivity contribution >= 4 is 12.1 Å². The minimum absolute atomic E-state index is 0.143. The van der Waals surface area contributed by atoms with Gasteiger partial charge in [-0.15, -0.1) is 0 Å². The fourth-order valence-corrected chi connectivity index (χ4v) is 2.96. The SMILES string of the molecule is COC(=O)N1C[C@H](O)CC[C@H]1C[C@H](OC(C)=O)c1ccccc1. The van der Waals surface area contributed by atoms with Gasteiger partial charge in [-0.2, -0.15) is 0 Å². The molecular weight excluding hydrogens is 298 g/mol. The molecule has 6 heteroatoms. The van der Waals surface area contributed by atoms with Gasteiger partial charge in [0.15, 0.2) is 0 Å². The van der Waals surface area contributed by atoms with E-state index in [-0.39, 0.29) is 18.6 Å². The van der Waals surface area contributed by atoms with E-state index in [0.29, 0.717) is 19.3 Å². The largest absolute Gasteiger partial charge is 0.458 e. The average Bonchev–Trinajstić information content (AvgIpc) is 2.55. The van der Waals surface area contributed by atoms with Gasteiger partial charge in [0.1, 0.15) is 6.10 Å². The van der Waals surface area contributed by atoms with Crippen molar-refractivity contribution in [1.82, 2.24) is 4.90 Å². The number of amides is 1. The van der Waals surface area contributed by atoms with Crippen LogP contribution >= 0.6 is 0 Å².